The van der Waals surface area contributed by atoms with Crippen LogP contribution in [0.5, 0.6) is 0 Å². The Balaban J connectivity index is 1.27. The van der Waals surface area contributed by atoms with E-state index in [2.05, 4.69) is 35.6 Å². The number of hydrogen-bond donors (Lipinski definition) is 2. The lowest BCUT2D eigenvalue weighted by molar-refractivity contribution is -0.116. The van der Waals surface area contributed by atoms with Crippen LogP contribution in [-0.2, 0) is 17.0 Å². The molecule has 0 aliphatic carbocycles. The summed E-state index contributed by atoms with van der Waals surface area (Å²) < 4.78 is 6.02. The number of aryl methyl sites for hydroxylation is 1. The van der Waals surface area contributed by atoms with Crippen LogP contribution in [-0.4, -0.2) is 42.5 Å². The van der Waals surface area contributed by atoms with Crippen molar-refractivity contribution in [3.8, 4) is 0 Å². The van der Waals surface area contributed by atoms with Gasteiger partial charge in [-0.1, -0.05) is 51.6 Å². The highest BCUT2D eigenvalue weighted by Crippen LogP contribution is 2.25. The average Bonchev–Trinajstić information content (AvgIpc) is 3.43. The second-order valence-corrected chi connectivity index (χ2v) is 9.15. The monoisotopic (exact) mass is 467 g/mol. The molecule has 0 fully saturated rings. The minimum atomic E-state index is -0.177. The maximum absolute atomic E-state index is 12.0. The molecular weight excluding hydrogens is 454 g/mol. The maximum Gasteiger partial charge on any atom is 0.227 e. The van der Waals surface area contributed by atoms with Crippen LogP contribution < -0.4 is 5.32 Å². The molecule has 0 saturated carbocycles. The first-order valence-corrected chi connectivity index (χ1v) is 11.8. The fourth-order valence-electron chi connectivity index (χ4n) is 2.36. The Bertz CT molecular complexity index is 1140. The molecule has 3 aromatic heterocycles. The number of aromatic amines is 1. The van der Waals surface area contributed by atoms with Gasteiger partial charge in [-0.15, -0.1) is 10.2 Å². The van der Waals surface area contributed by atoms with Crippen LogP contribution in [0, 0.1) is 0 Å². The molecule has 3 heterocycles. The standard InChI is InChI=1S/C16H14ClN7O2S3/c1-27-16-23-22-15(29-16)21-12(25)4-5-13-20-11(24-26-13)7-28-14-18-9-3-2-8(17)6-10(9)19-14/h2-3,6H,4-5,7H2,1H3,(H,18,19)(H,21,22,25). The third-order valence-electron chi connectivity index (χ3n) is 3.66. The van der Waals surface area contributed by atoms with Gasteiger partial charge in [0.25, 0.3) is 0 Å². The first-order valence-electron chi connectivity index (χ1n) is 8.36. The first kappa shape index (κ1) is 20.1. The summed E-state index contributed by atoms with van der Waals surface area (Å²) in [4.78, 5) is 24.0. The van der Waals surface area contributed by atoms with Crippen LogP contribution >= 0.6 is 46.5 Å². The van der Waals surface area contributed by atoms with Crippen molar-refractivity contribution in [1.82, 2.24) is 30.3 Å². The number of imidazole rings is 1. The van der Waals surface area contributed by atoms with Crippen molar-refractivity contribution in [3.05, 3.63) is 34.9 Å². The van der Waals surface area contributed by atoms with E-state index in [9.17, 15) is 4.79 Å². The van der Waals surface area contributed by atoms with E-state index in [1.54, 1.807) is 6.07 Å². The molecule has 13 heteroatoms. The molecule has 2 N–H and O–H groups in total. The van der Waals surface area contributed by atoms with Crippen molar-refractivity contribution in [1.29, 1.82) is 0 Å². The Hall–Kier alpha value is -2.15. The zero-order valence-corrected chi connectivity index (χ0v) is 18.2. The molecule has 0 spiro atoms. The quantitative estimate of drug-likeness (QED) is 0.292. The Labute approximate surface area is 182 Å². The molecule has 0 bridgehead atoms. The predicted octanol–water partition coefficient (Wildman–Crippen LogP) is 4.04. The molecule has 4 aromatic rings. The highest BCUT2D eigenvalue weighted by Gasteiger charge is 2.12. The minimum Gasteiger partial charge on any atom is -0.339 e. The van der Waals surface area contributed by atoms with E-state index < -0.39 is 0 Å². The van der Waals surface area contributed by atoms with E-state index in [4.69, 9.17) is 16.1 Å². The van der Waals surface area contributed by atoms with Gasteiger partial charge in [0.1, 0.15) is 0 Å². The molecule has 29 heavy (non-hydrogen) atoms. The second kappa shape index (κ2) is 9.11. The SMILES string of the molecule is CSc1nnc(NC(=O)CCc2nc(CSc3nc4ccc(Cl)cc4[nH]3)no2)s1. The van der Waals surface area contributed by atoms with Crippen molar-refractivity contribution in [2.75, 3.05) is 11.6 Å². The van der Waals surface area contributed by atoms with Crippen LogP contribution in [0.25, 0.3) is 11.0 Å². The summed E-state index contributed by atoms with van der Waals surface area (Å²) in [7, 11) is 0. The van der Waals surface area contributed by atoms with Crippen molar-refractivity contribution < 1.29 is 9.32 Å². The maximum atomic E-state index is 12.0. The van der Waals surface area contributed by atoms with Gasteiger partial charge in [-0.2, -0.15) is 4.98 Å². The summed E-state index contributed by atoms with van der Waals surface area (Å²) in [6.07, 6.45) is 2.47. The van der Waals surface area contributed by atoms with Crippen LogP contribution in [0.1, 0.15) is 18.1 Å². The van der Waals surface area contributed by atoms with Gasteiger partial charge in [-0.25, -0.2) is 4.98 Å². The van der Waals surface area contributed by atoms with Gasteiger partial charge >= 0.3 is 0 Å². The Morgan fingerprint density at radius 3 is 3.07 bits per heavy atom. The third-order valence-corrected chi connectivity index (χ3v) is 6.58. The molecule has 0 saturated heterocycles. The Kier molecular flexibility index (Phi) is 6.33. The van der Waals surface area contributed by atoms with Gasteiger partial charge in [0.2, 0.25) is 16.9 Å². The summed E-state index contributed by atoms with van der Waals surface area (Å²) in [6.45, 7) is 0. The largest absolute Gasteiger partial charge is 0.339 e. The number of fused-ring (bicyclic) bond motifs is 1. The molecule has 4 rings (SSSR count). The second-order valence-electron chi connectivity index (χ2n) is 5.72. The van der Waals surface area contributed by atoms with E-state index in [1.807, 2.05) is 18.4 Å². The summed E-state index contributed by atoms with van der Waals surface area (Å²) in [5.41, 5.74) is 1.72. The van der Waals surface area contributed by atoms with Gasteiger partial charge in [0.05, 0.1) is 16.8 Å². The number of halogens is 1. The summed E-state index contributed by atoms with van der Waals surface area (Å²) in [5.74, 6) is 1.27. The molecule has 150 valence electrons. The number of amides is 1. The normalized spacial score (nSPS) is 11.2. The number of nitrogens with zero attached hydrogens (tertiary/aromatic N) is 5. The van der Waals surface area contributed by atoms with Gasteiger partial charge in [-0.05, 0) is 24.5 Å². The number of hydrogen-bond acceptors (Lipinski definition) is 10. The lowest BCUT2D eigenvalue weighted by Gasteiger charge is -1.97. The fraction of sp³-hybridized carbons (Fsp3) is 0.250. The summed E-state index contributed by atoms with van der Waals surface area (Å²) in [5, 5.41) is 16.4. The molecule has 0 aliphatic rings. The number of carbonyl (C=O) groups is 1. The topological polar surface area (TPSA) is 122 Å². The number of benzene rings is 1. The Morgan fingerprint density at radius 1 is 1.34 bits per heavy atom. The van der Waals surface area contributed by atoms with Crippen molar-refractivity contribution in [3.63, 3.8) is 0 Å². The van der Waals surface area contributed by atoms with Gasteiger partial charge in [0, 0.05) is 17.9 Å². The molecule has 0 atom stereocenters. The van der Waals surface area contributed by atoms with E-state index >= 15 is 0 Å². The highest BCUT2D eigenvalue weighted by atomic mass is 35.5. The number of anilines is 1. The van der Waals surface area contributed by atoms with Crippen molar-refractivity contribution in [2.45, 2.75) is 28.1 Å². The fourth-order valence-corrected chi connectivity index (χ4v) is 4.44. The Morgan fingerprint density at radius 2 is 2.24 bits per heavy atom. The molecule has 9 nitrogen and oxygen atoms in total. The number of nitrogens with one attached hydrogen (secondary N) is 2. The molecule has 1 amide bonds. The highest BCUT2D eigenvalue weighted by molar-refractivity contribution is 8.00. The predicted molar refractivity (Wildman–Crippen MR) is 114 cm³/mol. The third kappa shape index (κ3) is 5.26. The summed E-state index contributed by atoms with van der Waals surface area (Å²) in [6, 6.07) is 5.49. The number of carbonyl (C=O) groups excluding carboxylic acids is 1. The molecule has 0 unspecified atom stereocenters. The minimum absolute atomic E-state index is 0.177. The molecule has 0 radical (unpaired) electrons. The summed E-state index contributed by atoms with van der Waals surface area (Å²) >= 11 is 10.3. The van der Waals surface area contributed by atoms with Crippen LogP contribution in [0.2, 0.25) is 5.02 Å². The lowest BCUT2D eigenvalue weighted by atomic mass is 10.3. The number of thioether (sulfide) groups is 2. The smallest absolute Gasteiger partial charge is 0.227 e. The zero-order valence-electron chi connectivity index (χ0n) is 15.0. The lowest BCUT2D eigenvalue weighted by Crippen LogP contribution is -2.12. The number of H-pyrrole nitrogens is 1. The number of aromatic nitrogens is 6. The van der Waals surface area contributed by atoms with E-state index in [0.29, 0.717) is 34.0 Å². The molecular formula is C16H14ClN7O2S3. The zero-order chi connectivity index (χ0) is 20.2. The van der Waals surface area contributed by atoms with Gasteiger partial charge in [-0.3, -0.25) is 4.79 Å². The van der Waals surface area contributed by atoms with E-state index in [-0.39, 0.29) is 12.3 Å². The van der Waals surface area contributed by atoms with E-state index in [0.717, 1.165) is 20.5 Å². The number of rotatable bonds is 8. The van der Waals surface area contributed by atoms with Gasteiger partial charge < -0.3 is 14.8 Å². The van der Waals surface area contributed by atoms with Crippen LogP contribution in [0.15, 0.2) is 32.2 Å². The van der Waals surface area contributed by atoms with Gasteiger partial charge in [0.15, 0.2) is 15.3 Å². The van der Waals surface area contributed by atoms with Crippen LogP contribution in [0.3, 0.4) is 0 Å². The van der Waals surface area contributed by atoms with E-state index in [1.165, 1.54) is 34.9 Å². The van der Waals surface area contributed by atoms with Crippen molar-refractivity contribution >= 4 is 68.5 Å². The average molecular weight is 468 g/mol. The van der Waals surface area contributed by atoms with Crippen molar-refractivity contribution in [2.24, 2.45) is 0 Å². The first-order chi connectivity index (χ1) is 14.1. The molecule has 1 aromatic carbocycles. The molecule has 0 aliphatic heterocycles. The van der Waals surface area contributed by atoms with Crippen LogP contribution in [0.4, 0.5) is 5.13 Å².